The summed E-state index contributed by atoms with van der Waals surface area (Å²) in [6, 6.07) is -0.422. The number of ether oxygens (including phenoxy) is 1. The van der Waals surface area contributed by atoms with Gasteiger partial charge < -0.3 is 9.64 Å². The Balaban J connectivity index is 4.31. The molecule has 5 heteroatoms. The average Bonchev–Trinajstić information content (AvgIpc) is 2.13. The molecular weight excluding hydrogens is 206 g/mol. The summed E-state index contributed by atoms with van der Waals surface area (Å²) in [6.07, 6.45) is 1.52. The number of urea groups is 1. The van der Waals surface area contributed by atoms with E-state index in [1.54, 1.807) is 4.90 Å². The molecule has 0 aliphatic heterocycles. The minimum absolute atomic E-state index is 0.0761. The molecule has 0 saturated carbocycles. The van der Waals surface area contributed by atoms with E-state index < -0.39 is 0 Å². The lowest BCUT2D eigenvalue weighted by atomic mass is 10.2. The van der Waals surface area contributed by atoms with Crippen LogP contribution in [0.3, 0.4) is 0 Å². The largest absolute Gasteiger partial charge is 0.461 e. The lowest BCUT2D eigenvalue weighted by molar-refractivity contribution is 0.167. The van der Waals surface area contributed by atoms with Gasteiger partial charge in [-0.3, -0.25) is 10.7 Å². The first-order valence-electron chi connectivity index (χ1n) is 5.31. The molecule has 0 unspecified atom stereocenters. The van der Waals surface area contributed by atoms with Gasteiger partial charge in [0.05, 0.1) is 0 Å². The molecule has 0 aromatic heterocycles. The van der Waals surface area contributed by atoms with E-state index in [2.05, 4.69) is 11.9 Å². The fourth-order valence-corrected chi connectivity index (χ4v) is 1.41. The Bertz CT molecular complexity index is 254. The van der Waals surface area contributed by atoms with Crippen LogP contribution in [-0.2, 0) is 4.74 Å². The molecule has 0 bridgehead atoms. The van der Waals surface area contributed by atoms with E-state index in [1.807, 2.05) is 27.7 Å². The molecule has 16 heavy (non-hydrogen) atoms. The molecule has 2 amide bonds. The summed E-state index contributed by atoms with van der Waals surface area (Å²) in [7, 11) is 0. The van der Waals surface area contributed by atoms with Crippen LogP contribution < -0.4 is 5.32 Å². The third kappa shape index (κ3) is 4.82. The second-order valence-electron chi connectivity index (χ2n) is 3.95. The Morgan fingerprint density at radius 2 is 1.94 bits per heavy atom. The van der Waals surface area contributed by atoms with Gasteiger partial charge in [-0.2, -0.15) is 0 Å². The minimum Gasteiger partial charge on any atom is -0.461 e. The number of hydrogen-bond acceptors (Lipinski definition) is 3. The number of carbonyl (C=O) groups excluding carboxylic acids is 1. The zero-order valence-corrected chi connectivity index (χ0v) is 10.4. The molecule has 0 radical (unpaired) electrons. The Morgan fingerprint density at radius 3 is 2.31 bits per heavy atom. The van der Waals surface area contributed by atoms with E-state index in [1.165, 1.54) is 6.08 Å². The Morgan fingerprint density at radius 1 is 1.44 bits per heavy atom. The maximum atomic E-state index is 11.8. The number of carbonyl (C=O) groups is 1. The van der Waals surface area contributed by atoms with Crippen LogP contribution in [0.25, 0.3) is 0 Å². The highest BCUT2D eigenvalue weighted by Crippen LogP contribution is 2.04. The lowest BCUT2D eigenvalue weighted by Crippen LogP contribution is -2.49. The van der Waals surface area contributed by atoms with Crippen molar-refractivity contribution < 1.29 is 9.53 Å². The second-order valence-corrected chi connectivity index (χ2v) is 3.95. The van der Waals surface area contributed by atoms with Gasteiger partial charge in [-0.1, -0.05) is 12.7 Å². The quantitative estimate of drug-likeness (QED) is 0.438. The first-order chi connectivity index (χ1) is 7.40. The first kappa shape index (κ1) is 14.5. The predicted octanol–water partition coefficient (Wildman–Crippen LogP) is 1.95. The van der Waals surface area contributed by atoms with Gasteiger partial charge in [-0.15, -0.1) is 0 Å². The summed E-state index contributed by atoms with van der Waals surface area (Å²) in [6.45, 7) is 11.4. The molecule has 0 fully saturated rings. The molecule has 0 atom stereocenters. The number of nitrogens with zero attached hydrogens (tertiary/aromatic N) is 1. The normalized spacial score (nSPS) is 10.1. The molecule has 0 rings (SSSR count). The van der Waals surface area contributed by atoms with E-state index >= 15 is 0 Å². The SMILES string of the molecule is C=CCOC(=N)NC(=O)N(C(C)C)C(C)C. The summed E-state index contributed by atoms with van der Waals surface area (Å²) in [5, 5.41) is 9.75. The smallest absolute Gasteiger partial charge is 0.325 e. The van der Waals surface area contributed by atoms with Crippen LogP contribution in [0.4, 0.5) is 4.79 Å². The second kappa shape index (κ2) is 6.87. The van der Waals surface area contributed by atoms with Gasteiger partial charge in [-0.25, -0.2) is 4.79 Å². The summed E-state index contributed by atoms with van der Waals surface area (Å²) < 4.78 is 4.88. The topological polar surface area (TPSA) is 65.4 Å². The van der Waals surface area contributed by atoms with Crippen LogP contribution in [0.2, 0.25) is 0 Å². The summed E-state index contributed by atoms with van der Waals surface area (Å²) >= 11 is 0. The van der Waals surface area contributed by atoms with Crippen LogP contribution in [0.1, 0.15) is 27.7 Å². The molecule has 92 valence electrons. The third-order valence-electron chi connectivity index (χ3n) is 1.91. The monoisotopic (exact) mass is 227 g/mol. The maximum Gasteiger partial charge on any atom is 0.325 e. The summed E-state index contributed by atoms with van der Waals surface area (Å²) in [5.41, 5.74) is 0. The highest BCUT2D eigenvalue weighted by Gasteiger charge is 2.20. The van der Waals surface area contributed by atoms with Crippen LogP contribution in [0.5, 0.6) is 0 Å². The fraction of sp³-hybridized carbons (Fsp3) is 0.636. The third-order valence-corrected chi connectivity index (χ3v) is 1.91. The van der Waals surface area contributed by atoms with Gasteiger partial charge in [0.25, 0.3) is 6.02 Å². The van der Waals surface area contributed by atoms with Crippen molar-refractivity contribution >= 4 is 12.1 Å². The zero-order chi connectivity index (χ0) is 12.7. The van der Waals surface area contributed by atoms with Gasteiger partial charge in [-0.05, 0) is 27.7 Å². The van der Waals surface area contributed by atoms with Crippen molar-refractivity contribution in [1.29, 1.82) is 5.41 Å². The summed E-state index contributed by atoms with van der Waals surface area (Å²) in [4.78, 5) is 13.4. The molecule has 2 N–H and O–H groups in total. The van der Waals surface area contributed by atoms with E-state index in [0.717, 1.165) is 0 Å². The van der Waals surface area contributed by atoms with Crippen LogP contribution in [-0.4, -0.2) is 35.6 Å². The van der Waals surface area contributed by atoms with E-state index in [9.17, 15) is 4.79 Å². The molecule has 0 saturated heterocycles. The highest BCUT2D eigenvalue weighted by molar-refractivity contribution is 5.92. The minimum atomic E-state index is -0.320. The average molecular weight is 227 g/mol. The Labute approximate surface area is 97.0 Å². The van der Waals surface area contributed by atoms with Gasteiger partial charge >= 0.3 is 6.03 Å². The number of amides is 2. The van der Waals surface area contributed by atoms with Crippen LogP contribution in [0.15, 0.2) is 12.7 Å². The molecular formula is C11H21N3O2. The van der Waals surface area contributed by atoms with Gasteiger partial charge in [0.15, 0.2) is 0 Å². The van der Waals surface area contributed by atoms with E-state index in [0.29, 0.717) is 0 Å². The van der Waals surface area contributed by atoms with Crippen LogP contribution in [0, 0.1) is 5.41 Å². The standard InChI is InChI=1S/C11H21N3O2/c1-6-7-16-10(12)13-11(15)14(8(2)3)9(4)5/h6,8-9H,1,7H2,2-5H3,(H2,12,13,15). The molecule has 0 heterocycles. The molecule has 0 aromatic carbocycles. The number of amidine groups is 1. The van der Waals surface area contributed by atoms with Crippen molar-refractivity contribution in [2.24, 2.45) is 0 Å². The maximum absolute atomic E-state index is 11.8. The lowest BCUT2D eigenvalue weighted by Gasteiger charge is -2.30. The number of rotatable bonds is 4. The molecule has 0 aromatic rings. The number of nitrogens with one attached hydrogen (secondary N) is 2. The highest BCUT2D eigenvalue weighted by atomic mass is 16.5. The first-order valence-corrected chi connectivity index (χ1v) is 5.31. The fourth-order valence-electron chi connectivity index (χ4n) is 1.41. The van der Waals surface area contributed by atoms with Gasteiger partial charge in [0.2, 0.25) is 0 Å². The predicted molar refractivity (Wildman–Crippen MR) is 64.5 cm³/mol. The van der Waals surface area contributed by atoms with Crippen molar-refractivity contribution in [3.63, 3.8) is 0 Å². The Hall–Kier alpha value is -1.52. The summed E-state index contributed by atoms with van der Waals surface area (Å²) in [5.74, 6) is 0. The number of hydrogen-bond donors (Lipinski definition) is 2. The zero-order valence-electron chi connectivity index (χ0n) is 10.4. The van der Waals surface area contributed by atoms with Crippen molar-refractivity contribution in [3.8, 4) is 0 Å². The van der Waals surface area contributed by atoms with Gasteiger partial charge in [0.1, 0.15) is 6.61 Å². The molecule has 5 nitrogen and oxygen atoms in total. The van der Waals surface area contributed by atoms with Crippen LogP contribution >= 0.6 is 0 Å². The molecule has 0 aliphatic carbocycles. The van der Waals surface area contributed by atoms with Crippen molar-refractivity contribution in [2.75, 3.05) is 6.61 Å². The van der Waals surface area contributed by atoms with Crippen molar-refractivity contribution in [2.45, 2.75) is 39.8 Å². The Kier molecular flexibility index (Phi) is 6.22. The van der Waals surface area contributed by atoms with Crippen molar-refractivity contribution in [1.82, 2.24) is 10.2 Å². The van der Waals surface area contributed by atoms with Crippen molar-refractivity contribution in [3.05, 3.63) is 12.7 Å². The molecule has 0 spiro atoms. The van der Waals surface area contributed by atoms with Gasteiger partial charge in [0, 0.05) is 12.1 Å². The van der Waals surface area contributed by atoms with E-state index in [-0.39, 0.29) is 30.7 Å². The van der Waals surface area contributed by atoms with E-state index in [4.69, 9.17) is 10.1 Å². The molecule has 0 aliphatic rings.